The van der Waals surface area contributed by atoms with Crippen LogP contribution in [0.25, 0.3) is 0 Å². The van der Waals surface area contributed by atoms with Crippen LogP contribution in [0.15, 0.2) is 12.1 Å². The van der Waals surface area contributed by atoms with Gasteiger partial charge in [0.15, 0.2) is 11.5 Å². The molecule has 19 heavy (non-hydrogen) atoms. The minimum Gasteiger partial charge on any atom is -0.493 e. The summed E-state index contributed by atoms with van der Waals surface area (Å²) in [7, 11) is 2.47. The van der Waals surface area contributed by atoms with Crippen LogP contribution in [-0.4, -0.2) is 26.8 Å². The van der Waals surface area contributed by atoms with E-state index in [0.29, 0.717) is 5.56 Å². The Morgan fingerprint density at radius 3 is 2.53 bits per heavy atom. The lowest BCUT2D eigenvalue weighted by molar-refractivity contribution is -0.139. The Morgan fingerprint density at radius 2 is 2.05 bits per heavy atom. The molecule has 0 bridgehead atoms. The molecular formula is C12H11F2NO4. The summed E-state index contributed by atoms with van der Waals surface area (Å²) < 4.78 is 38.0. The molecule has 0 radical (unpaired) electrons. The fourth-order valence-corrected chi connectivity index (χ4v) is 1.43. The zero-order valence-corrected chi connectivity index (χ0v) is 10.3. The van der Waals surface area contributed by atoms with E-state index in [-0.39, 0.29) is 23.5 Å². The van der Waals surface area contributed by atoms with E-state index in [9.17, 15) is 13.6 Å². The van der Waals surface area contributed by atoms with Gasteiger partial charge in [-0.1, -0.05) is 0 Å². The lowest BCUT2D eigenvalue weighted by Gasteiger charge is -2.12. The summed E-state index contributed by atoms with van der Waals surface area (Å²) in [5.41, 5.74) is 0.356. The van der Waals surface area contributed by atoms with Crippen molar-refractivity contribution < 1.29 is 27.8 Å². The number of rotatable bonds is 5. The van der Waals surface area contributed by atoms with Gasteiger partial charge in [0, 0.05) is 6.07 Å². The van der Waals surface area contributed by atoms with Crippen molar-refractivity contribution in [1.29, 1.82) is 5.26 Å². The minimum atomic E-state index is -3.04. The van der Waals surface area contributed by atoms with E-state index >= 15 is 0 Å². The number of esters is 1. The van der Waals surface area contributed by atoms with Crippen LogP contribution in [0, 0.1) is 11.3 Å². The number of hydrogen-bond acceptors (Lipinski definition) is 5. The Hall–Kier alpha value is -2.36. The second kappa shape index (κ2) is 6.54. The standard InChI is InChI=1S/C12H11F2NO4/c1-17-9-3-7(5-11(16)18-2)8(6-15)4-10(9)19-12(13)14/h3-4,12H,5H2,1-2H3. The monoisotopic (exact) mass is 271 g/mol. The van der Waals surface area contributed by atoms with Crippen molar-refractivity contribution in [3.8, 4) is 17.6 Å². The van der Waals surface area contributed by atoms with Gasteiger partial charge < -0.3 is 14.2 Å². The largest absolute Gasteiger partial charge is 0.493 e. The lowest BCUT2D eigenvalue weighted by Crippen LogP contribution is -2.08. The lowest BCUT2D eigenvalue weighted by atomic mass is 10.0. The van der Waals surface area contributed by atoms with Gasteiger partial charge in [-0.25, -0.2) is 0 Å². The molecule has 0 aliphatic rings. The second-order valence-electron chi connectivity index (χ2n) is 3.40. The first kappa shape index (κ1) is 14.7. The van der Waals surface area contributed by atoms with E-state index in [1.165, 1.54) is 20.3 Å². The maximum atomic E-state index is 12.2. The molecule has 0 atom stereocenters. The fourth-order valence-electron chi connectivity index (χ4n) is 1.43. The molecule has 1 rings (SSSR count). The molecule has 0 aliphatic carbocycles. The third kappa shape index (κ3) is 3.81. The molecule has 1 aromatic rings. The van der Waals surface area contributed by atoms with Crippen molar-refractivity contribution >= 4 is 5.97 Å². The van der Waals surface area contributed by atoms with Crippen LogP contribution in [0.1, 0.15) is 11.1 Å². The molecule has 0 amide bonds. The summed E-state index contributed by atoms with van der Waals surface area (Å²) >= 11 is 0. The molecule has 7 heteroatoms. The Morgan fingerprint density at radius 1 is 1.37 bits per heavy atom. The number of carbonyl (C=O) groups excluding carboxylic acids is 1. The molecule has 1 aromatic carbocycles. The maximum absolute atomic E-state index is 12.2. The highest BCUT2D eigenvalue weighted by Gasteiger charge is 2.17. The molecule has 0 saturated carbocycles. The van der Waals surface area contributed by atoms with E-state index < -0.39 is 12.6 Å². The Kier molecular flexibility index (Phi) is 5.06. The van der Waals surface area contributed by atoms with E-state index in [2.05, 4.69) is 9.47 Å². The third-order valence-corrected chi connectivity index (χ3v) is 2.29. The normalized spacial score (nSPS) is 9.89. The van der Waals surface area contributed by atoms with E-state index in [4.69, 9.17) is 10.00 Å². The first-order valence-corrected chi connectivity index (χ1v) is 5.14. The number of nitrogens with zero attached hydrogens (tertiary/aromatic N) is 1. The molecule has 0 aliphatic heterocycles. The van der Waals surface area contributed by atoms with Gasteiger partial charge in [-0.2, -0.15) is 14.0 Å². The fraction of sp³-hybridized carbons (Fsp3) is 0.333. The predicted molar refractivity (Wildman–Crippen MR) is 60.1 cm³/mol. The zero-order valence-electron chi connectivity index (χ0n) is 10.3. The number of carbonyl (C=O) groups is 1. The first-order chi connectivity index (χ1) is 9.01. The van der Waals surface area contributed by atoms with Crippen LogP contribution in [0.4, 0.5) is 8.78 Å². The summed E-state index contributed by atoms with van der Waals surface area (Å²) in [5.74, 6) is -0.804. The number of alkyl halides is 2. The summed E-state index contributed by atoms with van der Waals surface area (Å²) in [6.45, 7) is -3.04. The molecule has 0 heterocycles. The second-order valence-corrected chi connectivity index (χ2v) is 3.40. The Balaban J connectivity index is 3.20. The van der Waals surface area contributed by atoms with Gasteiger partial charge in [0.05, 0.1) is 32.3 Å². The van der Waals surface area contributed by atoms with Crippen molar-refractivity contribution in [3.05, 3.63) is 23.3 Å². The van der Waals surface area contributed by atoms with Crippen LogP contribution in [-0.2, 0) is 16.0 Å². The summed E-state index contributed by atoms with van der Waals surface area (Å²) in [4.78, 5) is 11.2. The molecular weight excluding hydrogens is 260 g/mol. The molecule has 0 aromatic heterocycles. The van der Waals surface area contributed by atoms with Crippen LogP contribution < -0.4 is 9.47 Å². The van der Waals surface area contributed by atoms with E-state index in [1.807, 2.05) is 0 Å². The maximum Gasteiger partial charge on any atom is 0.387 e. The molecule has 0 N–H and O–H groups in total. The molecule has 0 unspecified atom stereocenters. The van der Waals surface area contributed by atoms with Crippen molar-refractivity contribution in [1.82, 2.24) is 0 Å². The molecule has 0 fully saturated rings. The average molecular weight is 271 g/mol. The summed E-state index contributed by atoms with van der Waals surface area (Å²) in [5, 5.41) is 8.94. The highest BCUT2D eigenvalue weighted by molar-refractivity contribution is 5.74. The van der Waals surface area contributed by atoms with Crippen LogP contribution in [0.3, 0.4) is 0 Å². The molecule has 0 spiro atoms. The summed E-state index contributed by atoms with van der Waals surface area (Å²) in [6, 6.07) is 4.20. The van der Waals surface area contributed by atoms with Crippen LogP contribution in [0.2, 0.25) is 0 Å². The SMILES string of the molecule is COC(=O)Cc1cc(OC)c(OC(F)F)cc1C#N. The zero-order chi connectivity index (χ0) is 14.4. The molecule has 0 saturated heterocycles. The highest BCUT2D eigenvalue weighted by atomic mass is 19.3. The van der Waals surface area contributed by atoms with Crippen molar-refractivity contribution in [2.24, 2.45) is 0 Å². The highest BCUT2D eigenvalue weighted by Crippen LogP contribution is 2.32. The minimum absolute atomic E-state index is 0.0122. The third-order valence-electron chi connectivity index (χ3n) is 2.29. The van der Waals surface area contributed by atoms with Gasteiger partial charge in [0.2, 0.25) is 0 Å². The van der Waals surface area contributed by atoms with Gasteiger partial charge in [-0.05, 0) is 11.6 Å². The topological polar surface area (TPSA) is 68.6 Å². The first-order valence-electron chi connectivity index (χ1n) is 5.14. The number of benzene rings is 1. The quantitative estimate of drug-likeness (QED) is 0.765. The Labute approximate surface area is 108 Å². The van der Waals surface area contributed by atoms with Gasteiger partial charge in [0.1, 0.15) is 0 Å². The number of methoxy groups -OCH3 is 2. The molecule has 5 nitrogen and oxygen atoms in total. The number of halogens is 2. The van der Waals surface area contributed by atoms with Crippen LogP contribution >= 0.6 is 0 Å². The number of ether oxygens (including phenoxy) is 3. The molecule has 102 valence electrons. The van der Waals surface area contributed by atoms with E-state index in [0.717, 1.165) is 6.07 Å². The van der Waals surface area contributed by atoms with Gasteiger partial charge in [0.25, 0.3) is 0 Å². The average Bonchev–Trinajstić information content (AvgIpc) is 2.38. The van der Waals surface area contributed by atoms with Gasteiger partial charge in [-0.3, -0.25) is 4.79 Å². The van der Waals surface area contributed by atoms with Gasteiger partial charge in [-0.15, -0.1) is 0 Å². The number of hydrogen-bond donors (Lipinski definition) is 0. The number of nitriles is 1. The van der Waals surface area contributed by atoms with Crippen molar-refractivity contribution in [2.75, 3.05) is 14.2 Å². The Bertz CT molecular complexity index is 511. The van der Waals surface area contributed by atoms with E-state index in [1.54, 1.807) is 6.07 Å². The van der Waals surface area contributed by atoms with Crippen LogP contribution in [0.5, 0.6) is 11.5 Å². The van der Waals surface area contributed by atoms with Crippen molar-refractivity contribution in [3.63, 3.8) is 0 Å². The summed E-state index contributed by atoms with van der Waals surface area (Å²) in [6.07, 6.45) is -0.162. The van der Waals surface area contributed by atoms with Crippen molar-refractivity contribution in [2.45, 2.75) is 13.0 Å². The smallest absolute Gasteiger partial charge is 0.387 e. The predicted octanol–water partition coefficient (Wildman–Crippen LogP) is 1.88. The van der Waals surface area contributed by atoms with Gasteiger partial charge >= 0.3 is 12.6 Å².